The Bertz CT molecular complexity index is 928. The van der Waals surface area contributed by atoms with E-state index in [1.54, 1.807) is 24.3 Å². The van der Waals surface area contributed by atoms with Crippen LogP contribution in [-0.4, -0.2) is 25.0 Å². The molecule has 1 saturated carbocycles. The summed E-state index contributed by atoms with van der Waals surface area (Å²) in [5, 5.41) is 2.82. The summed E-state index contributed by atoms with van der Waals surface area (Å²) in [6.07, 6.45) is 2.89. The molecule has 5 nitrogen and oxygen atoms in total. The Balaban J connectivity index is 1.42. The molecule has 0 aromatic heterocycles. The Morgan fingerprint density at radius 2 is 2.00 bits per heavy atom. The van der Waals surface area contributed by atoms with Gasteiger partial charge in [-0.3, -0.25) is 9.59 Å². The zero-order valence-corrected chi connectivity index (χ0v) is 15.2. The van der Waals surface area contributed by atoms with Gasteiger partial charge in [0.1, 0.15) is 17.4 Å². The van der Waals surface area contributed by atoms with Crippen LogP contribution in [0.3, 0.4) is 0 Å². The summed E-state index contributed by atoms with van der Waals surface area (Å²) in [4.78, 5) is 25.8. The lowest BCUT2D eigenvalue weighted by Crippen LogP contribution is -2.39. The maximum Gasteiger partial charge on any atom is 0.264 e. The molecule has 2 aromatic rings. The first kappa shape index (κ1) is 18.4. The van der Waals surface area contributed by atoms with Gasteiger partial charge in [-0.05, 0) is 43.9 Å². The van der Waals surface area contributed by atoms with Crippen molar-refractivity contribution in [2.24, 2.45) is 5.92 Å². The zero-order chi connectivity index (χ0) is 19.7. The van der Waals surface area contributed by atoms with Gasteiger partial charge >= 0.3 is 0 Å². The van der Waals surface area contributed by atoms with Gasteiger partial charge in [-0.2, -0.15) is 0 Å². The number of benzene rings is 2. The van der Waals surface area contributed by atoms with Crippen LogP contribution in [-0.2, 0) is 16.0 Å². The molecule has 0 radical (unpaired) electrons. The number of rotatable bonds is 5. The Morgan fingerprint density at radius 3 is 2.79 bits per heavy atom. The van der Waals surface area contributed by atoms with Crippen LogP contribution in [0.25, 0.3) is 0 Å². The molecule has 1 aliphatic heterocycles. The Kier molecular flexibility index (Phi) is 4.98. The van der Waals surface area contributed by atoms with Crippen molar-refractivity contribution < 1.29 is 23.1 Å². The number of anilines is 2. The molecule has 0 saturated heterocycles. The van der Waals surface area contributed by atoms with Crippen LogP contribution in [0.1, 0.15) is 24.8 Å². The molecular weight excluding hydrogens is 366 g/mol. The molecule has 2 aromatic carbocycles. The largest absolute Gasteiger partial charge is 0.484 e. The molecule has 2 amide bonds. The summed E-state index contributed by atoms with van der Waals surface area (Å²) >= 11 is 0. The third kappa shape index (κ3) is 3.98. The quantitative estimate of drug-likeness (QED) is 0.853. The normalized spacial score (nSPS) is 15.7. The number of nitrogens with zero attached hydrogens (tertiary/aromatic N) is 1. The topological polar surface area (TPSA) is 58.6 Å². The van der Waals surface area contributed by atoms with Crippen LogP contribution in [0.15, 0.2) is 36.4 Å². The Morgan fingerprint density at radius 1 is 1.18 bits per heavy atom. The van der Waals surface area contributed by atoms with Gasteiger partial charge in [-0.15, -0.1) is 0 Å². The minimum absolute atomic E-state index is 0.0118. The second kappa shape index (κ2) is 7.58. The van der Waals surface area contributed by atoms with Crippen molar-refractivity contribution in [3.05, 3.63) is 53.6 Å². The predicted octanol–water partition coefficient (Wildman–Crippen LogP) is 3.67. The van der Waals surface area contributed by atoms with Gasteiger partial charge in [0.2, 0.25) is 5.91 Å². The van der Waals surface area contributed by atoms with E-state index in [9.17, 15) is 18.4 Å². The minimum Gasteiger partial charge on any atom is -0.484 e. The number of amides is 2. The summed E-state index contributed by atoms with van der Waals surface area (Å²) < 4.78 is 33.2. The first-order valence-electron chi connectivity index (χ1n) is 9.33. The number of nitrogens with one attached hydrogen (secondary N) is 1. The van der Waals surface area contributed by atoms with Gasteiger partial charge in [-0.25, -0.2) is 8.78 Å². The van der Waals surface area contributed by atoms with E-state index in [0.29, 0.717) is 36.4 Å². The maximum absolute atomic E-state index is 14.0. The Hall–Kier alpha value is -2.96. The second-order valence-electron chi connectivity index (χ2n) is 7.11. The van der Waals surface area contributed by atoms with E-state index in [4.69, 9.17) is 4.74 Å². The molecule has 0 bridgehead atoms. The average Bonchev–Trinajstić information content (AvgIpc) is 3.51. The predicted molar refractivity (Wildman–Crippen MR) is 100 cm³/mol. The minimum atomic E-state index is -0.712. The van der Waals surface area contributed by atoms with Crippen LogP contribution in [0.2, 0.25) is 0 Å². The number of hydrogen-bond donors (Lipinski definition) is 1. The fourth-order valence-electron chi connectivity index (χ4n) is 3.35. The number of carbonyl (C=O) groups excluding carboxylic acids is 2. The highest BCUT2D eigenvalue weighted by molar-refractivity contribution is 5.96. The molecule has 7 heteroatoms. The monoisotopic (exact) mass is 386 g/mol. The average molecular weight is 386 g/mol. The third-order valence-corrected chi connectivity index (χ3v) is 4.95. The number of hydrogen-bond acceptors (Lipinski definition) is 3. The van der Waals surface area contributed by atoms with Crippen LogP contribution in [0.4, 0.5) is 20.2 Å². The van der Waals surface area contributed by atoms with Crippen LogP contribution in [0.5, 0.6) is 5.75 Å². The van der Waals surface area contributed by atoms with E-state index in [1.807, 2.05) is 0 Å². The van der Waals surface area contributed by atoms with E-state index in [2.05, 4.69) is 5.32 Å². The Labute approximate surface area is 161 Å². The van der Waals surface area contributed by atoms with E-state index >= 15 is 0 Å². The molecular formula is C21H20F2N2O3. The molecule has 1 N–H and O–H groups in total. The highest BCUT2D eigenvalue weighted by Gasteiger charge is 2.29. The first-order chi connectivity index (χ1) is 13.5. The first-order valence-corrected chi connectivity index (χ1v) is 9.33. The van der Waals surface area contributed by atoms with Crippen molar-refractivity contribution >= 4 is 23.2 Å². The highest BCUT2D eigenvalue weighted by Crippen LogP contribution is 2.31. The molecule has 1 heterocycles. The summed E-state index contributed by atoms with van der Waals surface area (Å²) in [7, 11) is 0. The molecule has 1 fully saturated rings. The van der Waals surface area contributed by atoms with E-state index in [-0.39, 0.29) is 30.0 Å². The molecule has 28 heavy (non-hydrogen) atoms. The lowest BCUT2D eigenvalue weighted by Gasteiger charge is -2.29. The lowest BCUT2D eigenvalue weighted by molar-refractivity contribution is -0.120. The molecule has 2 aliphatic rings. The van der Waals surface area contributed by atoms with Crippen molar-refractivity contribution in [1.82, 2.24) is 0 Å². The SMILES string of the molecule is O=C(Nc1cccc(OCC(=O)N2CCCc3c(F)cc(F)cc32)c1)C1CC1. The third-order valence-electron chi connectivity index (χ3n) is 4.95. The van der Waals surface area contributed by atoms with Crippen molar-refractivity contribution in [2.45, 2.75) is 25.7 Å². The lowest BCUT2D eigenvalue weighted by atomic mass is 10.0. The van der Waals surface area contributed by atoms with Crippen molar-refractivity contribution in [3.8, 4) is 5.75 Å². The van der Waals surface area contributed by atoms with Crippen molar-refractivity contribution in [3.63, 3.8) is 0 Å². The fourth-order valence-corrected chi connectivity index (χ4v) is 3.35. The molecule has 4 rings (SSSR count). The molecule has 0 atom stereocenters. The van der Waals surface area contributed by atoms with Gasteiger partial charge < -0.3 is 15.0 Å². The summed E-state index contributed by atoms with van der Waals surface area (Å²) in [5.74, 6) is -1.21. The zero-order valence-electron chi connectivity index (χ0n) is 15.2. The summed E-state index contributed by atoms with van der Waals surface area (Å²) in [5.41, 5.74) is 1.22. The fraction of sp³-hybridized carbons (Fsp3) is 0.333. The number of carbonyl (C=O) groups is 2. The van der Waals surface area contributed by atoms with Crippen LogP contribution in [0, 0.1) is 17.6 Å². The summed E-state index contributed by atoms with van der Waals surface area (Å²) in [6, 6.07) is 8.83. The number of ether oxygens (including phenoxy) is 1. The van der Waals surface area contributed by atoms with Gasteiger partial charge in [-0.1, -0.05) is 6.07 Å². The van der Waals surface area contributed by atoms with Gasteiger partial charge in [0.15, 0.2) is 6.61 Å². The molecule has 146 valence electrons. The van der Waals surface area contributed by atoms with Crippen LogP contribution < -0.4 is 15.0 Å². The van der Waals surface area contributed by atoms with E-state index < -0.39 is 11.6 Å². The van der Waals surface area contributed by atoms with Crippen molar-refractivity contribution in [1.29, 1.82) is 0 Å². The molecule has 0 unspecified atom stereocenters. The highest BCUT2D eigenvalue weighted by atomic mass is 19.1. The maximum atomic E-state index is 14.0. The number of halogens is 2. The molecule has 1 aliphatic carbocycles. The van der Waals surface area contributed by atoms with Gasteiger partial charge in [0, 0.05) is 35.8 Å². The van der Waals surface area contributed by atoms with Crippen LogP contribution >= 0.6 is 0 Å². The standard InChI is InChI=1S/C21H20F2N2O3/c22-14-9-18(23)17-5-2-8-25(19(17)10-14)20(26)12-28-16-4-1-3-15(11-16)24-21(27)13-6-7-13/h1,3-4,9-11,13H,2,5-8,12H2,(H,24,27). The smallest absolute Gasteiger partial charge is 0.264 e. The van der Waals surface area contributed by atoms with Crippen molar-refractivity contribution in [2.75, 3.05) is 23.4 Å². The second-order valence-corrected chi connectivity index (χ2v) is 7.11. The summed E-state index contributed by atoms with van der Waals surface area (Å²) in [6.45, 7) is 0.118. The number of fused-ring (bicyclic) bond motifs is 1. The van der Waals surface area contributed by atoms with E-state index in [1.165, 1.54) is 11.0 Å². The molecule has 0 spiro atoms. The van der Waals surface area contributed by atoms with Gasteiger partial charge in [0.05, 0.1) is 5.69 Å². The van der Waals surface area contributed by atoms with Gasteiger partial charge in [0.25, 0.3) is 5.91 Å². The van der Waals surface area contributed by atoms with E-state index in [0.717, 1.165) is 18.9 Å².